The fourth-order valence-corrected chi connectivity index (χ4v) is 3.02. The van der Waals surface area contributed by atoms with E-state index in [2.05, 4.69) is 6.92 Å². The van der Waals surface area contributed by atoms with Gasteiger partial charge < -0.3 is 4.74 Å². The maximum atomic E-state index is 11.3. The van der Waals surface area contributed by atoms with E-state index in [9.17, 15) is 4.79 Å². The monoisotopic (exact) mass is 266 g/mol. The molecule has 1 aromatic rings. The van der Waals surface area contributed by atoms with Crippen LogP contribution in [0.2, 0.25) is 0 Å². The summed E-state index contributed by atoms with van der Waals surface area (Å²) >= 11 is 5.58. The Kier molecular flexibility index (Phi) is 3.96. The molecule has 2 nitrogen and oxygen atoms in total. The Morgan fingerprint density at radius 2 is 1.94 bits per heavy atom. The Hall–Kier alpha value is -1.02. The number of rotatable bonds is 3. The molecule has 18 heavy (non-hydrogen) atoms. The molecule has 0 saturated heterocycles. The zero-order valence-corrected chi connectivity index (χ0v) is 11.7. The predicted octanol–water partition coefficient (Wildman–Crippen LogP) is 4.30. The number of benzene rings is 1. The minimum absolute atomic E-state index is 0.103. The summed E-state index contributed by atoms with van der Waals surface area (Å²) in [6, 6.07) is 5.48. The first-order chi connectivity index (χ1) is 8.57. The standard InChI is InChI=1S/C15H19ClO2/c1-15(8-4-3-5-9-15)12-10-11(14(16)17)6-7-13(12)18-2/h6-7,10H,3-5,8-9H2,1-2H3. The van der Waals surface area contributed by atoms with Gasteiger partial charge in [-0.25, -0.2) is 0 Å². The van der Waals surface area contributed by atoms with Crippen molar-refractivity contribution in [1.82, 2.24) is 0 Å². The second kappa shape index (κ2) is 5.31. The number of carbonyl (C=O) groups excluding carboxylic acids is 1. The molecule has 0 aliphatic heterocycles. The van der Waals surface area contributed by atoms with Crippen molar-refractivity contribution in [2.75, 3.05) is 7.11 Å². The third-order valence-corrected chi connectivity index (χ3v) is 4.25. The molecule has 0 aromatic heterocycles. The maximum absolute atomic E-state index is 11.3. The fourth-order valence-electron chi connectivity index (χ4n) is 2.90. The Balaban J connectivity index is 2.45. The van der Waals surface area contributed by atoms with E-state index in [1.807, 2.05) is 12.1 Å². The maximum Gasteiger partial charge on any atom is 0.252 e. The Bertz CT molecular complexity index is 448. The van der Waals surface area contributed by atoms with Crippen molar-refractivity contribution in [3.05, 3.63) is 29.3 Å². The van der Waals surface area contributed by atoms with Gasteiger partial charge in [-0.3, -0.25) is 4.79 Å². The molecule has 1 saturated carbocycles. The zero-order chi connectivity index (χ0) is 13.2. The number of carbonyl (C=O) groups is 1. The average Bonchev–Trinajstić information content (AvgIpc) is 2.38. The van der Waals surface area contributed by atoms with E-state index < -0.39 is 5.24 Å². The van der Waals surface area contributed by atoms with Gasteiger partial charge in [0.05, 0.1) is 7.11 Å². The minimum Gasteiger partial charge on any atom is -0.496 e. The summed E-state index contributed by atoms with van der Waals surface area (Å²) in [6.07, 6.45) is 6.05. The summed E-state index contributed by atoms with van der Waals surface area (Å²) in [5.41, 5.74) is 1.78. The number of ether oxygens (including phenoxy) is 1. The van der Waals surface area contributed by atoms with E-state index in [0.717, 1.165) is 24.2 Å². The molecule has 0 N–H and O–H groups in total. The van der Waals surface area contributed by atoms with Gasteiger partial charge in [0.2, 0.25) is 0 Å². The third-order valence-electron chi connectivity index (χ3n) is 4.03. The lowest BCUT2D eigenvalue weighted by Gasteiger charge is -2.35. The fraction of sp³-hybridized carbons (Fsp3) is 0.533. The third kappa shape index (κ3) is 2.54. The van der Waals surface area contributed by atoms with Crippen molar-refractivity contribution in [2.24, 2.45) is 0 Å². The van der Waals surface area contributed by atoms with Crippen LogP contribution in [0.1, 0.15) is 54.9 Å². The van der Waals surface area contributed by atoms with Crippen molar-refractivity contribution in [3.63, 3.8) is 0 Å². The Morgan fingerprint density at radius 3 is 2.50 bits per heavy atom. The van der Waals surface area contributed by atoms with Gasteiger partial charge in [-0.1, -0.05) is 26.2 Å². The lowest BCUT2D eigenvalue weighted by Crippen LogP contribution is -2.26. The van der Waals surface area contributed by atoms with Gasteiger partial charge in [0.1, 0.15) is 5.75 Å². The molecule has 1 fully saturated rings. The van der Waals surface area contributed by atoms with Crippen molar-refractivity contribution in [1.29, 1.82) is 0 Å². The van der Waals surface area contributed by atoms with Crippen LogP contribution >= 0.6 is 11.6 Å². The van der Waals surface area contributed by atoms with Gasteiger partial charge in [0, 0.05) is 11.1 Å². The van der Waals surface area contributed by atoms with Crippen LogP contribution in [-0.4, -0.2) is 12.4 Å². The summed E-state index contributed by atoms with van der Waals surface area (Å²) in [5.74, 6) is 0.862. The molecule has 0 unspecified atom stereocenters. The van der Waals surface area contributed by atoms with Gasteiger partial charge in [-0.15, -0.1) is 0 Å². The van der Waals surface area contributed by atoms with Crippen LogP contribution in [-0.2, 0) is 5.41 Å². The highest BCUT2D eigenvalue weighted by Gasteiger charge is 2.31. The average molecular weight is 267 g/mol. The second-order valence-electron chi connectivity index (χ2n) is 5.31. The van der Waals surface area contributed by atoms with E-state index >= 15 is 0 Å². The number of halogens is 1. The predicted molar refractivity (Wildman–Crippen MR) is 73.6 cm³/mol. The van der Waals surface area contributed by atoms with Crippen molar-refractivity contribution in [2.45, 2.75) is 44.4 Å². The van der Waals surface area contributed by atoms with E-state index in [1.54, 1.807) is 13.2 Å². The lowest BCUT2D eigenvalue weighted by molar-refractivity contribution is 0.108. The van der Waals surface area contributed by atoms with Gasteiger partial charge in [-0.05, 0) is 48.1 Å². The van der Waals surface area contributed by atoms with Crippen molar-refractivity contribution < 1.29 is 9.53 Å². The van der Waals surface area contributed by atoms with E-state index in [4.69, 9.17) is 16.3 Å². The Morgan fingerprint density at radius 1 is 1.28 bits per heavy atom. The first kappa shape index (κ1) is 13.4. The first-order valence-corrected chi connectivity index (χ1v) is 6.83. The number of methoxy groups -OCH3 is 1. The van der Waals surface area contributed by atoms with Gasteiger partial charge in [0.15, 0.2) is 0 Å². The van der Waals surface area contributed by atoms with Crippen LogP contribution in [0, 0.1) is 0 Å². The molecular formula is C15H19ClO2. The van der Waals surface area contributed by atoms with Crippen LogP contribution < -0.4 is 4.74 Å². The first-order valence-electron chi connectivity index (χ1n) is 6.45. The van der Waals surface area contributed by atoms with Crippen LogP contribution in [0.3, 0.4) is 0 Å². The Labute approximate surface area is 113 Å². The molecule has 0 bridgehead atoms. The van der Waals surface area contributed by atoms with E-state index in [-0.39, 0.29) is 5.41 Å². The molecule has 1 aliphatic rings. The van der Waals surface area contributed by atoms with Crippen LogP contribution in [0.15, 0.2) is 18.2 Å². The smallest absolute Gasteiger partial charge is 0.252 e. The van der Waals surface area contributed by atoms with Crippen LogP contribution in [0.5, 0.6) is 5.75 Å². The van der Waals surface area contributed by atoms with E-state index in [1.165, 1.54) is 19.3 Å². The van der Waals surface area contributed by atoms with Gasteiger partial charge >= 0.3 is 0 Å². The quantitative estimate of drug-likeness (QED) is 0.763. The number of hydrogen-bond donors (Lipinski definition) is 0. The largest absolute Gasteiger partial charge is 0.496 e. The molecule has 2 rings (SSSR count). The zero-order valence-electron chi connectivity index (χ0n) is 11.0. The van der Waals surface area contributed by atoms with Crippen molar-refractivity contribution >= 4 is 16.8 Å². The SMILES string of the molecule is COc1ccc(C(=O)Cl)cc1C1(C)CCCCC1. The van der Waals surface area contributed by atoms with Gasteiger partial charge in [0.25, 0.3) is 5.24 Å². The highest BCUT2D eigenvalue weighted by molar-refractivity contribution is 6.67. The molecule has 1 aliphatic carbocycles. The highest BCUT2D eigenvalue weighted by atomic mass is 35.5. The molecule has 1 aromatic carbocycles. The molecule has 0 heterocycles. The molecule has 98 valence electrons. The molecular weight excluding hydrogens is 248 g/mol. The highest BCUT2D eigenvalue weighted by Crippen LogP contribution is 2.43. The number of hydrogen-bond acceptors (Lipinski definition) is 2. The van der Waals surface area contributed by atoms with E-state index in [0.29, 0.717) is 5.56 Å². The summed E-state index contributed by atoms with van der Waals surface area (Å²) in [7, 11) is 1.67. The summed E-state index contributed by atoms with van der Waals surface area (Å²) in [5, 5.41) is -0.404. The summed E-state index contributed by atoms with van der Waals surface area (Å²) < 4.78 is 5.44. The molecule has 0 amide bonds. The van der Waals surface area contributed by atoms with Crippen LogP contribution in [0.4, 0.5) is 0 Å². The van der Waals surface area contributed by atoms with Gasteiger partial charge in [-0.2, -0.15) is 0 Å². The topological polar surface area (TPSA) is 26.3 Å². The molecule has 3 heteroatoms. The molecule has 0 radical (unpaired) electrons. The molecule has 0 spiro atoms. The van der Waals surface area contributed by atoms with Crippen molar-refractivity contribution in [3.8, 4) is 5.75 Å². The minimum atomic E-state index is -0.404. The lowest BCUT2D eigenvalue weighted by atomic mass is 9.70. The molecule has 0 atom stereocenters. The summed E-state index contributed by atoms with van der Waals surface area (Å²) in [4.78, 5) is 11.3. The second-order valence-corrected chi connectivity index (χ2v) is 5.65. The normalized spacial score (nSPS) is 18.4. The van der Waals surface area contributed by atoms with Crippen LogP contribution in [0.25, 0.3) is 0 Å². The summed E-state index contributed by atoms with van der Waals surface area (Å²) in [6.45, 7) is 2.26.